The van der Waals surface area contributed by atoms with Gasteiger partial charge in [0.2, 0.25) is 0 Å². The van der Waals surface area contributed by atoms with E-state index in [0.717, 1.165) is 0 Å². The van der Waals surface area contributed by atoms with Crippen LogP contribution in [0.25, 0.3) is 0 Å². The summed E-state index contributed by atoms with van der Waals surface area (Å²) in [6, 6.07) is -0.769. The van der Waals surface area contributed by atoms with Gasteiger partial charge in [0.25, 0.3) is 0 Å². The Balaban J connectivity index is 2.75. The minimum Gasteiger partial charge on any atom is -0.444 e. The van der Waals surface area contributed by atoms with Crippen LogP contribution in [0.3, 0.4) is 0 Å². The fourth-order valence-electron chi connectivity index (χ4n) is 2.19. The Morgan fingerprint density at radius 2 is 1.84 bits per heavy atom. The number of hydrogen-bond acceptors (Lipinski definition) is 2. The monoisotopic (exact) mass is 281 g/mol. The van der Waals surface area contributed by atoms with E-state index in [2.05, 4.69) is 0 Å². The average Bonchev–Trinajstić information content (AvgIpc) is 2.09. The van der Waals surface area contributed by atoms with Gasteiger partial charge in [0, 0.05) is 12.6 Å². The molecule has 1 rings (SSSR count). The molecule has 1 unspecified atom stereocenters. The molecule has 112 valence electrons. The van der Waals surface area contributed by atoms with Crippen LogP contribution < -0.4 is 0 Å². The Morgan fingerprint density at radius 3 is 2.16 bits per heavy atom. The maximum atomic E-state index is 12.8. The van der Waals surface area contributed by atoms with Crippen LogP contribution in [0, 0.1) is 5.92 Å². The van der Waals surface area contributed by atoms with Crippen LogP contribution >= 0.6 is 0 Å². The highest BCUT2D eigenvalue weighted by atomic mass is 19.4. The van der Waals surface area contributed by atoms with Crippen molar-refractivity contribution in [1.29, 1.82) is 0 Å². The Kier molecular flexibility index (Phi) is 4.74. The summed E-state index contributed by atoms with van der Waals surface area (Å²) in [5.41, 5.74) is -0.694. The van der Waals surface area contributed by atoms with Crippen molar-refractivity contribution in [1.82, 2.24) is 4.90 Å². The lowest BCUT2D eigenvalue weighted by Gasteiger charge is -2.44. The molecule has 0 N–H and O–H groups in total. The number of carbonyl (C=O) groups excluding carboxylic acids is 1. The van der Waals surface area contributed by atoms with E-state index >= 15 is 0 Å². The number of hydrogen-bond donors (Lipinski definition) is 0. The second kappa shape index (κ2) is 5.59. The van der Waals surface area contributed by atoms with Crippen LogP contribution in [-0.4, -0.2) is 35.4 Å². The Labute approximate surface area is 112 Å². The summed E-state index contributed by atoms with van der Waals surface area (Å²) in [4.78, 5) is 13.2. The first-order valence-electron chi connectivity index (χ1n) is 6.62. The maximum Gasteiger partial charge on any atom is 0.410 e. The molecule has 6 heteroatoms. The number of ether oxygens (including phenoxy) is 1. The first kappa shape index (κ1) is 16.1. The highest BCUT2D eigenvalue weighted by Gasteiger charge is 2.53. The molecule has 0 aromatic rings. The molecule has 0 aromatic carbocycles. The molecule has 0 heterocycles. The molecular formula is C13H22F3NO2. The van der Waals surface area contributed by atoms with E-state index in [1.54, 1.807) is 20.8 Å². The van der Waals surface area contributed by atoms with Crippen LogP contribution in [0.15, 0.2) is 0 Å². The number of nitrogens with zero attached hydrogens (tertiary/aromatic N) is 1. The lowest BCUT2D eigenvalue weighted by atomic mass is 9.78. The third-order valence-corrected chi connectivity index (χ3v) is 3.15. The first-order valence-corrected chi connectivity index (χ1v) is 6.62. The first-order chi connectivity index (χ1) is 8.56. The smallest absolute Gasteiger partial charge is 0.410 e. The zero-order chi connectivity index (χ0) is 14.8. The zero-order valence-corrected chi connectivity index (χ0v) is 11.9. The zero-order valence-electron chi connectivity index (χ0n) is 11.9. The molecule has 1 aliphatic rings. The molecule has 0 saturated heterocycles. The maximum absolute atomic E-state index is 12.8. The SMILES string of the molecule is CCCN(C(=O)OC(C)(C)C)C1CC[C@@H]1C(F)(F)F. The third-order valence-electron chi connectivity index (χ3n) is 3.15. The Bertz CT molecular complexity index is 323. The molecule has 1 saturated carbocycles. The molecule has 1 fully saturated rings. The number of rotatable bonds is 3. The van der Waals surface area contributed by atoms with Gasteiger partial charge in [-0.15, -0.1) is 0 Å². The van der Waals surface area contributed by atoms with Gasteiger partial charge >= 0.3 is 12.3 Å². The lowest BCUT2D eigenvalue weighted by molar-refractivity contribution is -0.214. The number of amides is 1. The van der Waals surface area contributed by atoms with Crippen molar-refractivity contribution in [3.05, 3.63) is 0 Å². The second-order valence-corrected chi connectivity index (χ2v) is 5.97. The van der Waals surface area contributed by atoms with Crippen molar-refractivity contribution in [2.45, 2.75) is 64.8 Å². The lowest BCUT2D eigenvalue weighted by Crippen LogP contribution is -2.55. The molecule has 1 amide bonds. The largest absolute Gasteiger partial charge is 0.444 e. The van der Waals surface area contributed by atoms with Gasteiger partial charge in [0.15, 0.2) is 0 Å². The van der Waals surface area contributed by atoms with E-state index < -0.39 is 29.8 Å². The summed E-state index contributed by atoms with van der Waals surface area (Å²) >= 11 is 0. The molecule has 0 radical (unpaired) electrons. The summed E-state index contributed by atoms with van der Waals surface area (Å²) in [6.45, 7) is 7.25. The van der Waals surface area contributed by atoms with Crippen molar-refractivity contribution in [3.8, 4) is 0 Å². The highest BCUT2D eigenvalue weighted by Crippen LogP contribution is 2.44. The van der Waals surface area contributed by atoms with Crippen molar-refractivity contribution >= 4 is 6.09 Å². The van der Waals surface area contributed by atoms with Gasteiger partial charge in [-0.2, -0.15) is 13.2 Å². The minimum absolute atomic E-state index is 0.0944. The summed E-state index contributed by atoms with van der Waals surface area (Å²) in [7, 11) is 0. The number of carbonyl (C=O) groups is 1. The van der Waals surface area contributed by atoms with E-state index in [1.807, 2.05) is 6.92 Å². The van der Waals surface area contributed by atoms with Gasteiger partial charge in [-0.05, 0) is 40.0 Å². The standard InChI is InChI=1S/C13H22F3NO2/c1-5-8-17(11(18)19-12(2,3)4)10-7-6-9(10)13(14,15)16/h9-10H,5-8H2,1-4H3/t9-,10?/m0/s1. The normalized spacial score (nSPS) is 23.7. The van der Waals surface area contributed by atoms with E-state index in [1.165, 1.54) is 4.90 Å². The van der Waals surface area contributed by atoms with E-state index in [9.17, 15) is 18.0 Å². The topological polar surface area (TPSA) is 29.5 Å². The highest BCUT2D eigenvalue weighted by molar-refractivity contribution is 5.68. The van der Waals surface area contributed by atoms with Crippen LogP contribution in [0.2, 0.25) is 0 Å². The fourth-order valence-corrected chi connectivity index (χ4v) is 2.19. The molecule has 0 spiro atoms. The van der Waals surface area contributed by atoms with E-state index in [0.29, 0.717) is 19.4 Å². The summed E-state index contributed by atoms with van der Waals surface area (Å²) in [5, 5.41) is 0. The molecule has 1 aliphatic carbocycles. The predicted molar refractivity (Wildman–Crippen MR) is 65.8 cm³/mol. The molecule has 2 atom stereocenters. The third kappa shape index (κ3) is 4.28. The predicted octanol–water partition coefficient (Wildman–Crippen LogP) is 3.97. The quantitative estimate of drug-likeness (QED) is 0.783. The van der Waals surface area contributed by atoms with Crippen LogP contribution in [0.5, 0.6) is 0 Å². The van der Waals surface area contributed by atoms with Crippen molar-refractivity contribution in [2.24, 2.45) is 5.92 Å². The van der Waals surface area contributed by atoms with E-state index in [4.69, 9.17) is 4.74 Å². The van der Waals surface area contributed by atoms with Gasteiger partial charge in [-0.25, -0.2) is 4.79 Å². The van der Waals surface area contributed by atoms with Crippen molar-refractivity contribution in [3.63, 3.8) is 0 Å². The summed E-state index contributed by atoms with van der Waals surface area (Å²) < 4.78 is 43.5. The van der Waals surface area contributed by atoms with Gasteiger partial charge < -0.3 is 9.64 Å². The van der Waals surface area contributed by atoms with Crippen LogP contribution in [-0.2, 0) is 4.74 Å². The van der Waals surface area contributed by atoms with Crippen molar-refractivity contribution < 1.29 is 22.7 Å². The second-order valence-electron chi connectivity index (χ2n) is 5.97. The molecule has 19 heavy (non-hydrogen) atoms. The van der Waals surface area contributed by atoms with Gasteiger partial charge in [-0.3, -0.25) is 0 Å². The Morgan fingerprint density at radius 1 is 1.26 bits per heavy atom. The molecule has 0 aromatic heterocycles. The van der Waals surface area contributed by atoms with Gasteiger partial charge in [0.1, 0.15) is 5.60 Å². The summed E-state index contributed by atoms with van der Waals surface area (Å²) in [5.74, 6) is -1.41. The molecule has 0 aliphatic heterocycles. The van der Waals surface area contributed by atoms with Crippen LogP contribution in [0.1, 0.15) is 47.0 Å². The number of halogens is 3. The minimum atomic E-state index is -4.24. The molecule has 0 bridgehead atoms. The fraction of sp³-hybridized carbons (Fsp3) is 0.923. The van der Waals surface area contributed by atoms with Crippen molar-refractivity contribution in [2.75, 3.05) is 6.54 Å². The number of alkyl halides is 3. The Hall–Kier alpha value is -0.940. The van der Waals surface area contributed by atoms with Gasteiger partial charge in [-0.1, -0.05) is 6.92 Å². The molecular weight excluding hydrogens is 259 g/mol. The summed E-state index contributed by atoms with van der Waals surface area (Å²) in [6.07, 6.45) is -3.79. The molecule has 3 nitrogen and oxygen atoms in total. The van der Waals surface area contributed by atoms with E-state index in [-0.39, 0.29) is 6.42 Å². The van der Waals surface area contributed by atoms with Crippen LogP contribution in [0.4, 0.5) is 18.0 Å². The van der Waals surface area contributed by atoms with Gasteiger partial charge in [0.05, 0.1) is 5.92 Å². The average molecular weight is 281 g/mol.